The molecule has 0 amide bonds. The SMILES string of the molecule is C[Si](C)(CC(c1ccccc1)c1ccccc1)c1ccccc1. The van der Waals surface area contributed by atoms with Crippen LogP contribution in [0.3, 0.4) is 0 Å². The lowest BCUT2D eigenvalue weighted by Crippen LogP contribution is -2.42. The van der Waals surface area contributed by atoms with Gasteiger partial charge in [-0.15, -0.1) is 0 Å². The van der Waals surface area contributed by atoms with E-state index < -0.39 is 8.07 Å². The molecule has 116 valence electrons. The van der Waals surface area contributed by atoms with Crippen LogP contribution in [0.5, 0.6) is 0 Å². The topological polar surface area (TPSA) is 0 Å². The van der Waals surface area contributed by atoms with Gasteiger partial charge in [0.25, 0.3) is 0 Å². The van der Waals surface area contributed by atoms with Gasteiger partial charge in [0, 0.05) is 5.92 Å². The number of hydrogen-bond acceptors (Lipinski definition) is 0. The molecular weight excluding hydrogens is 292 g/mol. The highest BCUT2D eigenvalue weighted by molar-refractivity contribution is 6.89. The maximum atomic E-state index is 2.49. The van der Waals surface area contributed by atoms with Crippen molar-refractivity contribution in [2.24, 2.45) is 0 Å². The van der Waals surface area contributed by atoms with Gasteiger partial charge in [-0.3, -0.25) is 0 Å². The van der Waals surface area contributed by atoms with Crippen molar-refractivity contribution in [2.75, 3.05) is 0 Å². The van der Waals surface area contributed by atoms with E-state index in [4.69, 9.17) is 0 Å². The third-order valence-electron chi connectivity index (χ3n) is 4.67. The van der Waals surface area contributed by atoms with Crippen LogP contribution in [0.1, 0.15) is 17.0 Å². The number of benzene rings is 3. The molecule has 3 aromatic carbocycles. The molecule has 0 spiro atoms. The van der Waals surface area contributed by atoms with E-state index in [9.17, 15) is 0 Å². The highest BCUT2D eigenvalue weighted by atomic mass is 28.3. The average molecular weight is 317 g/mol. The summed E-state index contributed by atoms with van der Waals surface area (Å²) in [5.74, 6) is 0.472. The Morgan fingerprint density at radius 1 is 0.609 bits per heavy atom. The van der Waals surface area contributed by atoms with Gasteiger partial charge in [-0.25, -0.2) is 0 Å². The molecule has 0 saturated heterocycles. The first-order valence-electron chi connectivity index (χ1n) is 8.32. The third-order valence-corrected chi connectivity index (χ3v) is 8.00. The number of rotatable bonds is 5. The quantitative estimate of drug-likeness (QED) is 0.550. The first kappa shape index (κ1) is 15.8. The van der Waals surface area contributed by atoms with Crippen LogP contribution in [0, 0.1) is 0 Å². The third kappa shape index (κ3) is 3.80. The molecule has 3 rings (SSSR count). The second kappa shape index (κ2) is 6.97. The molecule has 0 heterocycles. The summed E-state index contributed by atoms with van der Waals surface area (Å²) in [6, 6.07) is 34.2. The van der Waals surface area contributed by atoms with Crippen LogP contribution in [0.2, 0.25) is 19.1 Å². The Morgan fingerprint density at radius 2 is 1.00 bits per heavy atom. The van der Waals surface area contributed by atoms with Crippen LogP contribution in [-0.2, 0) is 0 Å². The molecule has 3 aromatic rings. The summed E-state index contributed by atoms with van der Waals surface area (Å²) in [4.78, 5) is 0. The Bertz CT molecular complexity index is 678. The van der Waals surface area contributed by atoms with Crippen LogP contribution < -0.4 is 5.19 Å². The molecule has 0 unspecified atom stereocenters. The molecule has 1 heteroatoms. The van der Waals surface area contributed by atoms with Crippen LogP contribution in [-0.4, -0.2) is 8.07 Å². The zero-order valence-corrected chi connectivity index (χ0v) is 14.9. The van der Waals surface area contributed by atoms with Crippen molar-refractivity contribution in [3.63, 3.8) is 0 Å². The first-order valence-corrected chi connectivity index (χ1v) is 11.5. The normalized spacial score (nSPS) is 11.6. The molecule has 0 atom stereocenters. The molecule has 0 fully saturated rings. The smallest absolute Gasteiger partial charge is 0.0654 e. The average Bonchev–Trinajstić information content (AvgIpc) is 2.62. The fourth-order valence-electron chi connectivity index (χ4n) is 3.32. The minimum atomic E-state index is -1.51. The highest BCUT2D eigenvalue weighted by Gasteiger charge is 2.29. The molecule has 0 aromatic heterocycles. The van der Waals surface area contributed by atoms with Gasteiger partial charge in [0.1, 0.15) is 0 Å². The van der Waals surface area contributed by atoms with Crippen molar-refractivity contribution in [1.29, 1.82) is 0 Å². The van der Waals surface area contributed by atoms with E-state index in [1.807, 2.05) is 0 Å². The van der Waals surface area contributed by atoms with Gasteiger partial charge < -0.3 is 0 Å². The summed E-state index contributed by atoms with van der Waals surface area (Å²) in [7, 11) is -1.51. The summed E-state index contributed by atoms with van der Waals surface area (Å²) in [5.41, 5.74) is 2.85. The van der Waals surface area contributed by atoms with Crippen molar-refractivity contribution in [2.45, 2.75) is 25.1 Å². The lowest BCUT2D eigenvalue weighted by Gasteiger charge is -2.29. The first-order chi connectivity index (χ1) is 11.2. The fourth-order valence-corrected chi connectivity index (χ4v) is 6.14. The van der Waals surface area contributed by atoms with Gasteiger partial charge in [-0.05, 0) is 17.2 Å². The maximum Gasteiger partial charge on any atom is 0.0815 e. The minimum absolute atomic E-state index is 0.472. The van der Waals surface area contributed by atoms with Crippen molar-refractivity contribution in [3.05, 3.63) is 102 Å². The zero-order chi connectivity index (χ0) is 16.1. The van der Waals surface area contributed by atoms with Crippen molar-refractivity contribution >= 4 is 13.3 Å². The van der Waals surface area contributed by atoms with Gasteiger partial charge in [0.05, 0.1) is 8.07 Å². The molecule has 0 aliphatic carbocycles. The van der Waals surface area contributed by atoms with Crippen LogP contribution in [0.25, 0.3) is 0 Å². The van der Waals surface area contributed by atoms with E-state index in [0.717, 1.165) is 0 Å². The summed E-state index contributed by atoms with van der Waals surface area (Å²) >= 11 is 0. The van der Waals surface area contributed by atoms with Gasteiger partial charge in [-0.1, -0.05) is 109 Å². The van der Waals surface area contributed by atoms with E-state index in [1.54, 1.807) is 0 Å². The second-order valence-electron chi connectivity index (χ2n) is 6.83. The summed E-state index contributed by atoms with van der Waals surface area (Å²) in [6.07, 6.45) is 0. The van der Waals surface area contributed by atoms with Gasteiger partial charge in [0.2, 0.25) is 0 Å². The molecule has 0 aliphatic heterocycles. The van der Waals surface area contributed by atoms with Crippen LogP contribution in [0.4, 0.5) is 0 Å². The lowest BCUT2D eigenvalue weighted by molar-refractivity contribution is 0.901. The van der Waals surface area contributed by atoms with Gasteiger partial charge in [0.15, 0.2) is 0 Å². The molecular formula is C22H24Si. The molecule has 0 aliphatic rings. The lowest BCUT2D eigenvalue weighted by atomic mass is 9.93. The summed E-state index contributed by atoms with van der Waals surface area (Å²) < 4.78 is 0. The Hall–Kier alpha value is -2.12. The second-order valence-corrected chi connectivity index (χ2v) is 11.6. The Kier molecular flexibility index (Phi) is 4.78. The summed E-state index contributed by atoms with van der Waals surface area (Å²) in [6.45, 7) is 4.97. The predicted octanol–water partition coefficient (Wildman–Crippen LogP) is 5.43. The molecule has 0 radical (unpaired) electrons. The van der Waals surface area contributed by atoms with E-state index in [0.29, 0.717) is 5.92 Å². The number of hydrogen-bond donors (Lipinski definition) is 0. The molecule has 23 heavy (non-hydrogen) atoms. The van der Waals surface area contributed by atoms with Gasteiger partial charge in [-0.2, -0.15) is 0 Å². The van der Waals surface area contributed by atoms with Crippen molar-refractivity contribution < 1.29 is 0 Å². The Labute approximate surface area is 140 Å². The molecule has 0 bridgehead atoms. The monoisotopic (exact) mass is 316 g/mol. The highest BCUT2D eigenvalue weighted by Crippen LogP contribution is 2.32. The fraction of sp³-hybridized carbons (Fsp3) is 0.182. The predicted molar refractivity (Wildman–Crippen MR) is 103 cm³/mol. The van der Waals surface area contributed by atoms with Gasteiger partial charge >= 0.3 is 0 Å². The Balaban J connectivity index is 1.97. The van der Waals surface area contributed by atoms with E-state index in [-0.39, 0.29) is 0 Å². The van der Waals surface area contributed by atoms with Crippen LogP contribution in [0.15, 0.2) is 91.0 Å². The van der Waals surface area contributed by atoms with E-state index in [2.05, 4.69) is 104 Å². The molecule has 0 saturated carbocycles. The summed E-state index contributed by atoms with van der Waals surface area (Å²) in [5, 5.41) is 1.54. The standard InChI is InChI=1S/C22H24Si/c1-23(2,21-16-10-5-11-17-21)18-22(19-12-6-3-7-13-19)20-14-8-4-9-15-20/h3-17,22H,18H2,1-2H3. The molecule has 0 N–H and O–H groups in total. The van der Waals surface area contributed by atoms with Crippen molar-refractivity contribution in [1.82, 2.24) is 0 Å². The van der Waals surface area contributed by atoms with Crippen LogP contribution >= 0.6 is 0 Å². The molecule has 0 nitrogen and oxygen atoms in total. The van der Waals surface area contributed by atoms with E-state index >= 15 is 0 Å². The zero-order valence-electron chi connectivity index (χ0n) is 13.9. The van der Waals surface area contributed by atoms with Crippen molar-refractivity contribution in [3.8, 4) is 0 Å². The largest absolute Gasteiger partial charge is 0.0815 e. The van der Waals surface area contributed by atoms with E-state index in [1.165, 1.54) is 22.4 Å². The Morgan fingerprint density at radius 3 is 1.43 bits per heavy atom. The maximum absolute atomic E-state index is 2.49. The minimum Gasteiger partial charge on any atom is -0.0654 e.